The van der Waals surface area contributed by atoms with Crippen molar-refractivity contribution < 1.29 is 37.3 Å². The molecule has 0 saturated carbocycles. The molecule has 0 radical (unpaired) electrons. The number of carboxylic acid groups (broad SMARTS) is 1. The molecule has 3 rings (SSSR count). The number of nitrogens with zero attached hydrogens (tertiary/aromatic N) is 1. The predicted molar refractivity (Wildman–Crippen MR) is 139 cm³/mol. The van der Waals surface area contributed by atoms with Crippen molar-refractivity contribution in [2.45, 2.75) is 53.1 Å². The molecule has 0 amide bonds. The Hall–Kier alpha value is -3.72. The normalized spacial score (nSPS) is 13.5. The van der Waals surface area contributed by atoms with Crippen molar-refractivity contribution >= 4 is 34.3 Å². The van der Waals surface area contributed by atoms with E-state index in [0.717, 1.165) is 5.57 Å². The maximum atomic E-state index is 13.5. The van der Waals surface area contributed by atoms with Crippen LogP contribution in [-0.2, 0) is 16.1 Å². The Morgan fingerprint density at radius 1 is 1.16 bits per heavy atom. The largest absolute Gasteiger partial charge is 0.573 e. The fourth-order valence-corrected chi connectivity index (χ4v) is 4.25. The van der Waals surface area contributed by atoms with E-state index in [9.17, 15) is 22.8 Å². The van der Waals surface area contributed by atoms with Gasteiger partial charge in [-0.15, -0.1) is 13.2 Å². The number of ketones is 1. The number of hydrogen-bond acceptors (Lipinski definition) is 4. The smallest absolute Gasteiger partial charge is 0.484 e. The standard InChI is InChI=1S/C28H27ClF3NO5/c1-5-6-19(13-16(2)37-18(4)27(35)36)15-33-17(3)25(26(34)20-7-9-21(29)10-8-20)23-12-11-22(14-24(23)33)38-28(30,31)32/h6-14,18H,5,15H2,1-4H3,(H,35,36)/b16-13+,19-6+. The lowest BCUT2D eigenvalue weighted by Gasteiger charge is -2.14. The zero-order valence-electron chi connectivity index (χ0n) is 21.2. The zero-order chi connectivity index (χ0) is 28.2. The number of alkyl halides is 3. The molecule has 1 atom stereocenters. The van der Waals surface area contributed by atoms with Gasteiger partial charge in [-0.3, -0.25) is 4.79 Å². The summed E-state index contributed by atoms with van der Waals surface area (Å²) in [5.74, 6) is -1.49. The van der Waals surface area contributed by atoms with Crippen LogP contribution < -0.4 is 4.74 Å². The van der Waals surface area contributed by atoms with E-state index in [4.69, 9.17) is 21.4 Å². The predicted octanol–water partition coefficient (Wildman–Crippen LogP) is 7.46. The molecule has 3 aromatic rings. The first-order valence-electron chi connectivity index (χ1n) is 11.8. The highest BCUT2D eigenvalue weighted by molar-refractivity contribution is 6.30. The number of ether oxygens (including phenoxy) is 2. The lowest BCUT2D eigenvalue weighted by Crippen LogP contribution is -2.19. The highest BCUT2D eigenvalue weighted by atomic mass is 35.5. The molecule has 0 fully saturated rings. The topological polar surface area (TPSA) is 77.8 Å². The van der Waals surface area contributed by atoms with Crippen LogP contribution in [0.1, 0.15) is 48.8 Å². The molecule has 0 aliphatic heterocycles. The monoisotopic (exact) mass is 549 g/mol. The summed E-state index contributed by atoms with van der Waals surface area (Å²) in [6, 6.07) is 10.2. The van der Waals surface area contributed by atoms with Crippen molar-refractivity contribution in [1.82, 2.24) is 4.57 Å². The first-order chi connectivity index (χ1) is 17.8. The van der Waals surface area contributed by atoms with E-state index in [1.807, 2.05) is 13.0 Å². The van der Waals surface area contributed by atoms with Gasteiger partial charge in [-0.05, 0) is 75.2 Å². The number of allylic oxidation sites excluding steroid dienone is 4. The number of fused-ring (bicyclic) bond motifs is 1. The van der Waals surface area contributed by atoms with Gasteiger partial charge in [-0.1, -0.05) is 24.6 Å². The van der Waals surface area contributed by atoms with Gasteiger partial charge in [-0.2, -0.15) is 0 Å². The van der Waals surface area contributed by atoms with Crippen molar-refractivity contribution in [2.75, 3.05) is 0 Å². The summed E-state index contributed by atoms with van der Waals surface area (Å²) < 4.78 is 50.2. The number of carbonyl (C=O) groups excluding carboxylic acids is 1. The Kier molecular flexibility index (Phi) is 8.93. The summed E-state index contributed by atoms with van der Waals surface area (Å²) >= 11 is 5.96. The number of benzene rings is 2. The van der Waals surface area contributed by atoms with E-state index in [1.165, 1.54) is 25.1 Å². The zero-order valence-corrected chi connectivity index (χ0v) is 22.0. The van der Waals surface area contributed by atoms with Crippen LogP contribution in [0.4, 0.5) is 13.2 Å². The maximum absolute atomic E-state index is 13.5. The molecule has 1 N–H and O–H groups in total. The SMILES string of the molecule is CC/C=C(\C=C(/C)OC(C)C(=O)O)Cn1c(C)c(C(=O)c2ccc(Cl)cc2)c2ccc(OC(F)(F)F)cc21. The number of rotatable bonds is 10. The van der Waals surface area contributed by atoms with E-state index in [2.05, 4.69) is 4.74 Å². The quantitative estimate of drug-likeness (QED) is 0.161. The van der Waals surface area contributed by atoms with Crippen LogP contribution in [0.2, 0.25) is 5.02 Å². The number of carboxylic acids is 1. The Morgan fingerprint density at radius 3 is 2.39 bits per heavy atom. The summed E-state index contributed by atoms with van der Waals surface area (Å²) in [6.45, 7) is 6.84. The second-order valence-corrected chi connectivity index (χ2v) is 9.09. The third-order valence-corrected chi connectivity index (χ3v) is 6.02. The Labute approximate surface area is 222 Å². The molecule has 1 unspecified atom stereocenters. The molecule has 1 aromatic heterocycles. The number of hydrogen-bond donors (Lipinski definition) is 1. The molecule has 0 saturated heterocycles. The molecule has 10 heteroatoms. The third kappa shape index (κ3) is 6.98. The Balaban J connectivity index is 2.15. The van der Waals surface area contributed by atoms with Crippen LogP contribution in [0.3, 0.4) is 0 Å². The molecule has 202 valence electrons. The minimum absolute atomic E-state index is 0.182. The summed E-state index contributed by atoms with van der Waals surface area (Å²) in [6.07, 6.45) is -1.75. The molecule has 0 bridgehead atoms. The van der Waals surface area contributed by atoms with E-state index in [0.29, 0.717) is 44.9 Å². The summed E-state index contributed by atoms with van der Waals surface area (Å²) in [7, 11) is 0. The lowest BCUT2D eigenvalue weighted by atomic mass is 10.0. The summed E-state index contributed by atoms with van der Waals surface area (Å²) in [5.41, 5.74) is 2.35. The van der Waals surface area contributed by atoms with E-state index in [1.54, 1.807) is 48.8 Å². The van der Waals surface area contributed by atoms with Crippen LogP contribution >= 0.6 is 11.6 Å². The fraction of sp³-hybridized carbons (Fsp3) is 0.286. The third-order valence-electron chi connectivity index (χ3n) is 5.77. The van der Waals surface area contributed by atoms with Gasteiger partial charge in [0.05, 0.1) is 16.8 Å². The second-order valence-electron chi connectivity index (χ2n) is 8.65. The van der Waals surface area contributed by atoms with Gasteiger partial charge in [0, 0.05) is 34.3 Å². The van der Waals surface area contributed by atoms with Crippen LogP contribution in [0, 0.1) is 6.92 Å². The number of carbonyl (C=O) groups is 2. The molecule has 0 aliphatic carbocycles. The average Bonchev–Trinajstić information content (AvgIpc) is 3.08. The fourth-order valence-electron chi connectivity index (χ4n) is 4.13. The van der Waals surface area contributed by atoms with Crippen molar-refractivity contribution in [1.29, 1.82) is 0 Å². The minimum Gasteiger partial charge on any atom is -0.484 e. The maximum Gasteiger partial charge on any atom is 0.573 e. The van der Waals surface area contributed by atoms with Crippen LogP contribution in [0.5, 0.6) is 5.75 Å². The van der Waals surface area contributed by atoms with Gasteiger partial charge in [0.2, 0.25) is 0 Å². The Bertz CT molecular complexity index is 1400. The number of aromatic nitrogens is 1. The minimum atomic E-state index is -4.88. The van der Waals surface area contributed by atoms with Crippen molar-refractivity contribution in [3.05, 3.63) is 87.8 Å². The highest BCUT2D eigenvalue weighted by Gasteiger charge is 2.32. The molecular weight excluding hydrogens is 523 g/mol. The number of halogens is 4. The molecule has 1 heterocycles. The van der Waals surface area contributed by atoms with Crippen molar-refractivity contribution in [3.8, 4) is 5.75 Å². The van der Waals surface area contributed by atoms with Crippen LogP contribution in [0.15, 0.2) is 65.9 Å². The molecule has 0 aliphatic rings. The summed E-state index contributed by atoms with van der Waals surface area (Å²) in [4.78, 5) is 24.7. The van der Waals surface area contributed by atoms with E-state index < -0.39 is 24.2 Å². The van der Waals surface area contributed by atoms with E-state index >= 15 is 0 Å². The molecule has 2 aromatic carbocycles. The Morgan fingerprint density at radius 2 is 1.82 bits per heavy atom. The number of aliphatic carboxylic acids is 1. The van der Waals surface area contributed by atoms with Gasteiger partial charge < -0.3 is 19.1 Å². The van der Waals surface area contributed by atoms with E-state index in [-0.39, 0.29) is 12.3 Å². The van der Waals surface area contributed by atoms with Gasteiger partial charge >= 0.3 is 12.3 Å². The van der Waals surface area contributed by atoms with Gasteiger partial charge in [0.25, 0.3) is 0 Å². The molecule has 38 heavy (non-hydrogen) atoms. The van der Waals surface area contributed by atoms with Gasteiger partial charge in [0.15, 0.2) is 11.9 Å². The highest BCUT2D eigenvalue weighted by Crippen LogP contribution is 2.34. The van der Waals surface area contributed by atoms with Crippen LogP contribution in [-0.4, -0.2) is 33.9 Å². The molecule has 0 spiro atoms. The van der Waals surface area contributed by atoms with Crippen LogP contribution in [0.25, 0.3) is 10.9 Å². The lowest BCUT2D eigenvalue weighted by molar-refractivity contribution is -0.274. The first-order valence-corrected chi connectivity index (χ1v) is 12.1. The van der Waals surface area contributed by atoms with Crippen molar-refractivity contribution in [3.63, 3.8) is 0 Å². The van der Waals surface area contributed by atoms with Crippen molar-refractivity contribution in [2.24, 2.45) is 0 Å². The molecular formula is C28H27ClF3NO5. The van der Waals surface area contributed by atoms with Gasteiger partial charge in [-0.25, -0.2) is 4.79 Å². The van der Waals surface area contributed by atoms with Gasteiger partial charge in [0.1, 0.15) is 5.75 Å². The first kappa shape index (κ1) is 28.8. The summed E-state index contributed by atoms with van der Waals surface area (Å²) in [5, 5.41) is 10.1. The second kappa shape index (κ2) is 11.8. The molecule has 6 nitrogen and oxygen atoms in total. The average molecular weight is 550 g/mol.